The van der Waals surface area contributed by atoms with Crippen LogP contribution >= 0.6 is 0 Å². The van der Waals surface area contributed by atoms with Crippen LogP contribution in [0.5, 0.6) is 0 Å². The van der Waals surface area contributed by atoms with Crippen LogP contribution in [-0.4, -0.2) is 33.1 Å². The van der Waals surface area contributed by atoms with Crippen LogP contribution in [-0.2, 0) is 18.9 Å². The number of hydrogen-bond donors (Lipinski definition) is 1. The van der Waals surface area contributed by atoms with Gasteiger partial charge < -0.3 is 10.2 Å². The topological polar surface area (TPSA) is 89.2 Å². The number of aromatic nitrogens is 3. The van der Waals surface area contributed by atoms with Crippen molar-refractivity contribution in [3.05, 3.63) is 50.8 Å². The number of anilines is 2. The third kappa shape index (κ3) is 3.54. The molecule has 1 aliphatic heterocycles. The molecule has 2 aromatic heterocycles. The van der Waals surface area contributed by atoms with Gasteiger partial charge in [0.15, 0.2) is 0 Å². The van der Waals surface area contributed by atoms with Crippen molar-refractivity contribution in [1.29, 1.82) is 0 Å². The molecule has 3 rings (SSSR count). The van der Waals surface area contributed by atoms with Crippen LogP contribution in [0.3, 0.4) is 0 Å². The zero-order chi connectivity index (χ0) is 18.8. The molecule has 138 valence electrons. The van der Waals surface area contributed by atoms with Crippen LogP contribution in [0.25, 0.3) is 0 Å². The summed E-state index contributed by atoms with van der Waals surface area (Å²) in [5.41, 5.74) is 0.303. The number of hydrogen-bond acceptors (Lipinski definition) is 5. The summed E-state index contributed by atoms with van der Waals surface area (Å²) in [5.74, 6) is 0.754. The minimum atomic E-state index is -0.372. The summed E-state index contributed by atoms with van der Waals surface area (Å²) >= 11 is 0. The smallest absolute Gasteiger partial charge is 0.332 e. The Morgan fingerprint density at radius 3 is 2.73 bits per heavy atom. The lowest BCUT2D eigenvalue weighted by Crippen LogP contribution is -2.45. The van der Waals surface area contributed by atoms with Gasteiger partial charge in [-0.05, 0) is 37.5 Å². The third-order valence-corrected chi connectivity index (χ3v) is 4.78. The van der Waals surface area contributed by atoms with E-state index in [1.54, 1.807) is 13.2 Å². The molecule has 26 heavy (non-hydrogen) atoms. The number of aryl methyl sites for hydroxylation is 1. The third-order valence-electron chi connectivity index (χ3n) is 4.78. The summed E-state index contributed by atoms with van der Waals surface area (Å²) < 4.78 is 2.52. The van der Waals surface area contributed by atoms with Gasteiger partial charge in [-0.25, -0.2) is 9.78 Å². The molecule has 0 saturated carbocycles. The lowest BCUT2D eigenvalue weighted by atomic mass is 9.97. The molecular formula is C18H23N5O3. The molecule has 0 unspecified atom stereocenters. The lowest BCUT2D eigenvalue weighted by molar-refractivity contribution is -0.120. The van der Waals surface area contributed by atoms with Gasteiger partial charge in [-0.3, -0.25) is 18.7 Å². The fourth-order valence-electron chi connectivity index (χ4n) is 3.26. The summed E-state index contributed by atoms with van der Waals surface area (Å²) in [6.07, 6.45) is 3.23. The number of nitrogens with one attached hydrogen (secondary N) is 1. The molecule has 3 heterocycles. The first-order valence-electron chi connectivity index (χ1n) is 8.62. The Kier molecular flexibility index (Phi) is 4.92. The standard InChI is InChI=1S/C18H23N5O3/c1-12-6-7-19-14(9-12)20-17(25)13-5-4-8-23(11-13)15-10-16(24)22(3)18(26)21(15)2/h6-7,9-10,13H,4-5,8,11H2,1-3H3,(H,19,20,25)/t13-/m1/s1. The zero-order valence-electron chi connectivity index (χ0n) is 15.2. The Hall–Kier alpha value is -2.90. The molecule has 1 aliphatic rings. The van der Waals surface area contributed by atoms with E-state index in [9.17, 15) is 14.4 Å². The molecule has 8 heteroatoms. The maximum absolute atomic E-state index is 12.6. The average molecular weight is 357 g/mol. The van der Waals surface area contributed by atoms with Gasteiger partial charge >= 0.3 is 5.69 Å². The Bertz CT molecular complexity index is 947. The minimum Gasteiger partial charge on any atom is -0.357 e. The number of pyridine rings is 1. The highest BCUT2D eigenvalue weighted by Crippen LogP contribution is 2.22. The zero-order valence-corrected chi connectivity index (χ0v) is 15.2. The quantitative estimate of drug-likeness (QED) is 0.871. The summed E-state index contributed by atoms with van der Waals surface area (Å²) in [5, 5.41) is 2.86. The molecule has 1 fully saturated rings. The molecule has 1 amide bonds. The van der Waals surface area contributed by atoms with Crippen LogP contribution < -0.4 is 21.5 Å². The Morgan fingerprint density at radius 2 is 2.00 bits per heavy atom. The second-order valence-corrected chi connectivity index (χ2v) is 6.73. The van der Waals surface area contributed by atoms with E-state index in [1.165, 1.54) is 17.7 Å². The number of amides is 1. The summed E-state index contributed by atoms with van der Waals surface area (Å²) in [4.78, 5) is 42.8. The Balaban J connectivity index is 1.78. The van der Waals surface area contributed by atoms with Gasteiger partial charge in [0.2, 0.25) is 5.91 Å². The Labute approximate surface area is 151 Å². The van der Waals surface area contributed by atoms with Crippen LogP contribution in [0, 0.1) is 12.8 Å². The number of nitrogens with zero attached hydrogens (tertiary/aromatic N) is 4. The van der Waals surface area contributed by atoms with E-state index in [1.807, 2.05) is 24.0 Å². The molecule has 1 saturated heterocycles. The Morgan fingerprint density at radius 1 is 1.23 bits per heavy atom. The van der Waals surface area contributed by atoms with E-state index in [2.05, 4.69) is 10.3 Å². The van der Waals surface area contributed by atoms with Crippen molar-refractivity contribution in [2.24, 2.45) is 20.0 Å². The number of piperidine rings is 1. The predicted molar refractivity (Wildman–Crippen MR) is 99.5 cm³/mol. The van der Waals surface area contributed by atoms with Crippen molar-refractivity contribution in [3.8, 4) is 0 Å². The number of carbonyl (C=O) groups excluding carboxylic acids is 1. The molecule has 1 N–H and O–H groups in total. The van der Waals surface area contributed by atoms with E-state index in [-0.39, 0.29) is 23.1 Å². The van der Waals surface area contributed by atoms with Crippen molar-refractivity contribution in [3.63, 3.8) is 0 Å². The molecule has 0 aromatic carbocycles. The summed E-state index contributed by atoms with van der Waals surface area (Å²) in [6.45, 7) is 3.10. The molecule has 2 aromatic rings. The van der Waals surface area contributed by atoms with E-state index in [4.69, 9.17) is 0 Å². The van der Waals surface area contributed by atoms with E-state index in [0.29, 0.717) is 24.7 Å². The second-order valence-electron chi connectivity index (χ2n) is 6.73. The molecule has 0 bridgehead atoms. The van der Waals surface area contributed by atoms with Crippen molar-refractivity contribution in [2.45, 2.75) is 19.8 Å². The summed E-state index contributed by atoms with van der Waals surface area (Å²) in [7, 11) is 3.09. The molecule has 0 spiro atoms. The second kappa shape index (κ2) is 7.15. The van der Waals surface area contributed by atoms with Gasteiger partial charge in [0.05, 0.1) is 5.92 Å². The van der Waals surface area contributed by atoms with Gasteiger partial charge in [0.25, 0.3) is 5.56 Å². The van der Waals surface area contributed by atoms with Crippen LogP contribution in [0.15, 0.2) is 34.0 Å². The highest BCUT2D eigenvalue weighted by molar-refractivity contribution is 5.92. The number of carbonyl (C=O) groups is 1. The van der Waals surface area contributed by atoms with Crippen molar-refractivity contribution in [2.75, 3.05) is 23.3 Å². The molecule has 0 aliphatic carbocycles. The molecular weight excluding hydrogens is 334 g/mol. The minimum absolute atomic E-state index is 0.0957. The average Bonchev–Trinajstić information content (AvgIpc) is 2.63. The van der Waals surface area contributed by atoms with Gasteiger partial charge in [-0.15, -0.1) is 0 Å². The molecule has 1 atom stereocenters. The maximum atomic E-state index is 12.6. The first-order chi connectivity index (χ1) is 12.4. The van der Waals surface area contributed by atoms with E-state index >= 15 is 0 Å². The van der Waals surface area contributed by atoms with E-state index < -0.39 is 0 Å². The molecule has 0 radical (unpaired) electrons. The van der Waals surface area contributed by atoms with Crippen LogP contribution in [0.1, 0.15) is 18.4 Å². The van der Waals surface area contributed by atoms with Gasteiger partial charge in [-0.2, -0.15) is 0 Å². The van der Waals surface area contributed by atoms with Gasteiger partial charge in [0, 0.05) is 39.4 Å². The van der Waals surface area contributed by atoms with Crippen LogP contribution in [0.2, 0.25) is 0 Å². The maximum Gasteiger partial charge on any atom is 0.332 e. The van der Waals surface area contributed by atoms with Crippen molar-refractivity contribution >= 4 is 17.5 Å². The van der Waals surface area contributed by atoms with Crippen molar-refractivity contribution < 1.29 is 4.79 Å². The predicted octanol–water partition coefficient (Wildman–Crippen LogP) is 0.643. The first-order valence-corrected chi connectivity index (χ1v) is 8.62. The van der Waals surface area contributed by atoms with Gasteiger partial charge in [0.1, 0.15) is 11.6 Å². The summed E-state index contributed by atoms with van der Waals surface area (Å²) in [6, 6.07) is 5.14. The fraction of sp³-hybridized carbons (Fsp3) is 0.444. The fourth-order valence-corrected chi connectivity index (χ4v) is 3.26. The SMILES string of the molecule is Cc1ccnc(NC(=O)[C@@H]2CCCN(c3cc(=O)n(C)c(=O)n3C)C2)c1. The first kappa shape index (κ1) is 17.9. The van der Waals surface area contributed by atoms with Gasteiger partial charge in [-0.1, -0.05) is 0 Å². The molecule has 8 nitrogen and oxygen atoms in total. The lowest BCUT2D eigenvalue weighted by Gasteiger charge is -2.34. The van der Waals surface area contributed by atoms with Crippen LogP contribution in [0.4, 0.5) is 11.6 Å². The largest absolute Gasteiger partial charge is 0.357 e. The number of rotatable bonds is 3. The highest BCUT2D eigenvalue weighted by Gasteiger charge is 2.27. The van der Waals surface area contributed by atoms with E-state index in [0.717, 1.165) is 23.0 Å². The highest BCUT2D eigenvalue weighted by atomic mass is 16.2. The normalized spacial score (nSPS) is 17.2. The monoisotopic (exact) mass is 357 g/mol. The van der Waals surface area contributed by atoms with Crippen molar-refractivity contribution in [1.82, 2.24) is 14.1 Å².